The van der Waals surface area contributed by atoms with Crippen molar-refractivity contribution >= 4 is 39.5 Å². The summed E-state index contributed by atoms with van der Waals surface area (Å²) in [6, 6.07) is 0. The average molecular weight is 1410 g/mol. The molecule has 3 N–H and O–H groups in total. The summed E-state index contributed by atoms with van der Waals surface area (Å²) in [5, 5.41) is 10.6. The predicted molar refractivity (Wildman–Crippen MR) is 391 cm³/mol. The first-order chi connectivity index (χ1) is 46.4. The number of hydrogen-bond acceptors (Lipinski definition) is 15. The van der Waals surface area contributed by atoms with Crippen molar-refractivity contribution in [1.29, 1.82) is 0 Å². The molecule has 570 valence electrons. The molecule has 5 atom stereocenters. The first-order valence-corrected chi connectivity index (χ1v) is 43.0. The normalized spacial score (nSPS) is 14.0. The third-order valence-corrected chi connectivity index (χ3v) is 19.9. The van der Waals surface area contributed by atoms with E-state index in [0.717, 1.165) is 115 Å². The van der Waals surface area contributed by atoms with Gasteiger partial charge in [-0.05, 0) is 37.5 Å². The number of phosphoric ester groups is 2. The molecule has 0 fully saturated rings. The number of ether oxygens (including phenoxy) is 4. The number of hydrogen-bond donors (Lipinski definition) is 3. The topological polar surface area (TPSA) is 237 Å². The summed E-state index contributed by atoms with van der Waals surface area (Å²) in [4.78, 5) is 72.7. The first-order valence-electron chi connectivity index (χ1n) is 40.0. The van der Waals surface area contributed by atoms with Crippen LogP contribution < -0.4 is 0 Å². The van der Waals surface area contributed by atoms with E-state index in [1.165, 1.54) is 205 Å². The highest BCUT2D eigenvalue weighted by molar-refractivity contribution is 7.47. The number of aliphatic hydroxyl groups is 1. The number of esters is 4. The molecule has 0 aliphatic rings. The van der Waals surface area contributed by atoms with Crippen LogP contribution in [0.4, 0.5) is 0 Å². The first kappa shape index (κ1) is 94.1. The predicted octanol–water partition coefficient (Wildman–Crippen LogP) is 22.7. The van der Waals surface area contributed by atoms with Gasteiger partial charge in [0, 0.05) is 25.7 Å². The van der Waals surface area contributed by atoms with E-state index < -0.39 is 97.5 Å². The summed E-state index contributed by atoms with van der Waals surface area (Å²) < 4.78 is 68.4. The molecule has 17 nitrogen and oxygen atoms in total. The van der Waals surface area contributed by atoms with Crippen molar-refractivity contribution in [3.8, 4) is 0 Å². The maximum absolute atomic E-state index is 13.1. The standard InChI is InChI=1S/C77H150O17P2/c1-7-9-11-13-15-16-17-18-19-20-21-22-23-24-25-28-32-37-43-49-55-61-76(81)94-73(66-88-75(80)60-54-48-42-36-31-29-26-27-30-34-40-45-51-57-69(3)4)68-92-96(85,86)90-64-71(78)63-89-95(83,84)91-67-72(65-87-74(79)59-53-47-39-14-12-10-8-2)93-77(82)62-56-50-44-38-33-35-41-46-52-58-70(5)6/h69-73,78H,7-68H2,1-6H3,(H,83,84)(H,85,86)/t71-,72+,73+/m0/s1. The summed E-state index contributed by atoms with van der Waals surface area (Å²) in [5.41, 5.74) is 0. The van der Waals surface area contributed by atoms with E-state index >= 15 is 0 Å². The molecule has 0 aromatic carbocycles. The van der Waals surface area contributed by atoms with Gasteiger partial charge in [0.2, 0.25) is 0 Å². The van der Waals surface area contributed by atoms with Crippen molar-refractivity contribution in [2.24, 2.45) is 11.8 Å². The van der Waals surface area contributed by atoms with E-state index in [-0.39, 0.29) is 25.7 Å². The lowest BCUT2D eigenvalue weighted by Gasteiger charge is -2.21. The van der Waals surface area contributed by atoms with Crippen LogP contribution in [0.15, 0.2) is 0 Å². The van der Waals surface area contributed by atoms with Gasteiger partial charge in [-0.2, -0.15) is 0 Å². The van der Waals surface area contributed by atoms with Crippen LogP contribution in [0.25, 0.3) is 0 Å². The Bertz CT molecular complexity index is 1860. The molecule has 0 saturated carbocycles. The van der Waals surface area contributed by atoms with Gasteiger partial charge >= 0.3 is 39.5 Å². The second-order valence-electron chi connectivity index (χ2n) is 28.7. The minimum atomic E-state index is -4.96. The molecule has 0 radical (unpaired) electrons. The van der Waals surface area contributed by atoms with Crippen molar-refractivity contribution < 1.29 is 80.2 Å². The second kappa shape index (κ2) is 68.8. The zero-order valence-electron chi connectivity index (χ0n) is 62.7. The van der Waals surface area contributed by atoms with Gasteiger partial charge in [0.15, 0.2) is 12.2 Å². The van der Waals surface area contributed by atoms with E-state index in [4.69, 9.17) is 37.0 Å². The fraction of sp³-hybridized carbons (Fsp3) is 0.948. The second-order valence-corrected chi connectivity index (χ2v) is 31.6. The highest BCUT2D eigenvalue weighted by atomic mass is 31.2. The maximum atomic E-state index is 13.1. The van der Waals surface area contributed by atoms with Gasteiger partial charge in [-0.1, -0.05) is 350 Å². The molecule has 0 rings (SSSR count). The fourth-order valence-electron chi connectivity index (χ4n) is 11.8. The maximum Gasteiger partial charge on any atom is 0.472 e. The molecule has 0 aliphatic heterocycles. The number of carbonyl (C=O) groups is 4. The van der Waals surface area contributed by atoms with Crippen LogP contribution in [0.1, 0.15) is 401 Å². The summed E-state index contributed by atoms with van der Waals surface area (Å²) in [7, 11) is -9.91. The van der Waals surface area contributed by atoms with Crippen molar-refractivity contribution in [2.75, 3.05) is 39.6 Å². The molecule has 0 aromatic rings. The Kier molecular flexibility index (Phi) is 67.4. The summed E-state index contributed by atoms with van der Waals surface area (Å²) in [5.74, 6) is -0.593. The lowest BCUT2D eigenvalue weighted by Crippen LogP contribution is -2.30. The molecule has 0 aliphatic carbocycles. The SMILES string of the molecule is CCCCCCCCCCCCCCCCCCCCCCCC(=O)O[C@H](COC(=O)CCCCCCCCCCCCCCCC(C)C)COP(=O)(O)OC[C@@H](O)COP(=O)(O)OC[C@@H](COC(=O)CCCCCCCCC)OC(=O)CCCCCCCCCCCC(C)C. The Morgan fingerprint density at radius 1 is 0.281 bits per heavy atom. The van der Waals surface area contributed by atoms with Gasteiger partial charge in [0.1, 0.15) is 19.3 Å². The molecule has 0 amide bonds. The molecule has 0 spiro atoms. The third-order valence-electron chi connectivity index (χ3n) is 18.0. The monoisotopic (exact) mass is 1410 g/mol. The Hall–Kier alpha value is -1.94. The lowest BCUT2D eigenvalue weighted by atomic mass is 10.0. The molecule has 2 unspecified atom stereocenters. The van der Waals surface area contributed by atoms with Crippen LogP contribution in [0, 0.1) is 11.8 Å². The van der Waals surface area contributed by atoms with Gasteiger partial charge in [0.25, 0.3) is 0 Å². The molecule has 0 bridgehead atoms. The summed E-state index contributed by atoms with van der Waals surface area (Å²) in [6.07, 6.45) is 57.2. The van der Waals surface area contributed by atoms with Crippen LogP contribution in [-0.2, 0) is 65.4 Å². The molecule has 0 saturated heterocycles. The minimum Gasteiger partial charge on any atom is -0.462 e. The van der Waals surface area contributed by atoms with Gasteiger partial charge < -0.3 is 33.8 Å². The Labute approximate surface area is 588 Å². The van der Waals surface area contributed by atoms with Crippen molar-refractivity contribution in [3.63, 3.8) is 0 Å². The quantitative estimate of drug-likeness (QED) is 0.0222. The highest BCUT2D eigenvalue weighted by Gasteiger charge is 2.30. The van der Waals surface area contributed by atoms with E-state index in [1.807, 2.05) is 0 Å². The van der Waals surface area contributed by atoms with E-state index in [2.05, 4.69) is 41.5 Å². The van der Waals surface area contributed by atoms with Gasteiger partial charge in [0.05, 0.1) is 26.4 Å². The van der Waals surface area contributed by atoms with Crippen molar-refractivity contribution in [1.82, 2.24) is 0 Å². The molecular formula is C77H150O17P2. The molecule has 19 heteroatoms. The third kappa shape index (κ3) is 70.5. The number of carbonyl (C=O) groups excluding carboxylic acids is 4. The largest absolute Gasteiger partial charge is 0.472 e. The molecule has 96 heavy (non-hydrogen) atoms. The number of aliphatic hydroxyl groups excluding tert-OH is 1. The van der Waals surface area contributed by atoms with Crippen LogP contribution in [0.5, 0.6) is 0 Å². The number of phosphoric acid groups is 2. The Morgan fingerprint density at radius 2 is 0.479 bits per heavy atom. The van der Waals surface area contributed by atoms with Crippen molar-refractivity contribution in [2.45, 2.75) is 419 Å². The molecule has 0 heterocycles. The van der Waals surface area contributed by atoms with Crippen molar-refractivity contribution in [3.05, 3.63) is 0 Å². The average Bonchev–Trinajstić information content (AvgIpc) is 1.52. The molecule has 0 aromatic heterocycles. The number of rotatable bonds is 76. The zero-order chi connectivity index (χ0) is 70.7. The highest BCUT2D eigenvalue weighted by Crippen LogP contribution is 2.45. The Balaban J connectivity index is 5.17. The van der Waals surface area contributed by atoms with Gasteiger partial charge in [-0.15, -0.1) is 0 Å². The van der Waals surface area contributed by atoms with Crippen LogP contribution in [0.3, 0.4) is 0 Å². The van der Waals surface area contributed by atoms with Gasteiger partial charge in [-0.3, -0.25) is 37.3 Å². The summed E-state index contributed by atoms with van der Waals surface area (Å²) >= 11 is 0. The fourth-order valence-corrected chi connectivity index (χ4v) is 13.4. The smallest absolute Gasteiger partial charge is 0.462 e. The Morgan fingerprint density at radius 3 is 0.708 bits per heavy atom. The van der Waals surface area contributed by atoms with Gasteiger partial charge in [-0.25, -0.2) is 9.13 Å². The van der Waals surface area contributed by atoms with Crippen LogP contribution >= 0.6 is 15.6 Å². The minimum absolute atomic E-state index is 0.105. The van der Waals surface area contributed by atoms with E-state index in [0.29, 0.717) is 25.7 Å². The van der Waals surface area contributed by atoms with Crippen LogP contribution in [-0.4, -0.2) is 96.7 Å². The summed E-state index contributed by atoms with van der Waals surface area (Å²) in [6.45, 7) is 9.55. The molecular weight excluding hydrogens is 1260 g/mol. The zero-order valence-corrected chi connectivity index (χ0v) is 64.5. The van der Waals surface area contributed by atoms with E-state index in [1.54, 1.807) is 0 Å². The lowest BCUT2D eigenvalue weighted by molar-refractivity contribution is -0.161. The number of unbranched alkanes of at least 4 members (excludes halogenated alkanes) is 46. The van der Waals surface area contributed by atoms with E-state index in [9.17, 15) is 43.2 Å². The van der Waals surface area contributed by atoms with Crippen LogP contribution in [0.2, 0.25) is 0 Å².